The van der Waals surface area contributed by atoms with Crippen molar-refractivity contribution in [2.75, 3.05) is 20.8 Å². The molecule has 0 aliphatic carbocycles. The maximum Gasteiger partial charge on any atom is 0.308 e. The third kappa shape index (κ3) is 7.73. The Morgan fingerprint density at radius 3 is 2.50 bits per heavy atom. The third-order valence-electron chi connectivity index (χ3n) is 5.47. The maximum absolute atomic E-state index is 13.4. The number of hydroxylamine groups is 2. The quantitative estimate of drug-likeness (QED) is 0.289. The van der Waals surface area contributed by atoms with Gasteiger partial charge < -0.3 is 9.47 Å². The van der Waals surface area contributed by atoms with E-state index in [-0.39, 0.29) is 17.3 Å². The number of rotatable bonds is 11. The standard InChI is InChI=1S/C27H33N3O7S/c1-27(2,3)37-25(31)18-22(26(32)30(4)35-5)29-38(33,34)24-14-7-6-13-23(24)36-17-15-19-10-8-12-21-20(19)11-9-16-28-21/h6-14,16,22,29H,15,17-18H2,1-5H3. The van der Waals surface area contributed by atoms with Crippen molar-refractivity contribution in [3.63, 3.8) is 0 Å². The molecule has 3 aromatic rings. The molecule has 1 atom stereocenters. The van der Waals surface area contributed by atoms with E-state index in [1.54, 1.807) is 39.1 Å². The Bertz CT molecular complexity index is 1380. The first-order chi connectivity index (χ1) is 17.9. The Morgan fingerprint density at radius 1 is 1.05 bits per heavy atom. The van der Waals surface area contributed by atoms with Crippen molar-refractivity contribution in [1.82, 2.24) is 14.8 Å². The molecule has 1 unspecified atom stereocenters. The summed E-state index contributed by atoms with van der Waals surface area (Å²) >= 11 is 0. The molecule has 38 heavy (non-hydrogen) atoms. The number of hydrogen-bond acceptors (Lipinski definition) is 8. The summed E-state index contributed by atoms with van der Waals surface area (Å²) in [7, 11) is -1.72. The minimum absolute atomic E-state index is 0.113. The number of para-hydroxylation sites is 1. The van der Waals surface area contributed by atoms with Crippen LogP contribution in [0.1, 0.15) is 32.8 Å². The van der Waals surface area contributed by atoms with Crippen molar-refractivity contribution in [3.05, 3.63) is 66.4 Å². The Labute approximate surface area is 222 Å². The van der Waals surface area contributed by atoms with E-state index in [2.05, 4.69) is 9.71 Å². The molecule has 1 aromatic heterocycles. The SMILES string of the molecule is CON(C)C(=O)C(CC(=O)OC(C)(C)C)NS(=O)(=O)c1ccccc1OCCc1cccc2ncccc12. The molecule has 10 nitrogen and oxygen atoms in total. The van der Waals surface area contributed by atoms with Crippen LogP contribution in [0.3, 0.4) is 0 Å². The van der Waals surface area contributed by atoms with Crippen LogP contribution in [0.5, 0.6) is 5.75 Å². The van der Waals surface area contributed by atoms with Crippen LogP contribution >= 0.6 is 0 Å². The van der Waals surface area contributed by atoms with Crippen molar-refractivity contribution in [3.8, 4) is 5.75 Å². The normalized spacial score (nSPS) is 12.7. The van der Waals surface area contributed by atoms with Crippen molar-refractivity contribution in [1.29, 1.82) is 0 Å². The van der Waals surface area contributed by atoms with Crippen molar-refractivity contribution < 1.29 is 32.3 Å². The van der Waals surface area contributed by atoms with Crippen LogP contribution < -0.4 is 9.46 Å². The Kier molecular flexibility index (Phi) is 9.42. The van der Waals surface area contributed by atoms with Crippen LogP contribution in [0.4, 0.5) is 0 Å². The van der Waals surface area contributed by atoms with Gasteiger partial charge in [0, 0.05) is 25.1 Å². The highest BCUT2D eigenvalue weighted by atomic mass is 32.2. The summed E-state index contributed by atoms with van der Waals surface area (Å²) in [5.41, 5.74) is 1.07. The summed E-state index contributed by atoms with van der Waals surface area (Å²) in [6.07, 6.45) is 1.71. The second-order valence-corrected chi connectivity index (χ2v) is 11.2. The summed E-state index contributed by atoms with van der Waals surface area (Å²) in [4.78, 5) is 34.4. The number of likely N-dealkylation sites (N-methyl/N-ethyl adjacent to an activating group) is 1. The predicted octanol–water partition coefficient (Wildman–Crippen LogP) is 3.25. The largest absolute Gasteiger partial charge is 0.492 e. The maximum atomic E-state index is 13.4. The molecule has 0 aliphatic heterocycles. The molecule has 2 aromatic carbocycles. The van der Waals surface area contributed by atoms with Gasteiger partial charge in [0.15, 0.2) is 0 Å². The van der Waals surface area contributed by atoms with Crippen LogP contribution in [-0.2, 0) is 35.6 Å². The fourth-order valence-corrected chi connectivity index (χ4v) is 5.07. The number of pyridine rings is 1. The molecule has 204 valence electrons. The molecule has 0 saturated carbocycles. The number of ether oxygens (including phenoxy) is 2. The molecular formula is C27H33N3O7S. The summed E-state index contributed by atoms with van der Waals surface area (Å²) in [6.45, 7) is 5.23. The molecule has 0 spiro atoms. The van der Waals surface area contributed by atoms with Crippen LogP contribution in [-0.4, -0.2) is 62.7 Å². The number of hydrogen-bond donors (Lipinski definition) is 1. The van der Waals surface area contributed by atoms with Gasteiger partial charge in [0.1, 0.15) is 22.3 Å². The van der Waals surface area contributed by atoms with Gasteiger partial charge in [0.2, 0.25) is 10.0 Å². The third-order valence-corrected chi connectivity index (χ3v) is 6.99. The van der Waals surface area contributed by atoms with Gasteiger partial charge in [-0.25, -0.2) is 13.5 Å². The van der Waals surface area contributed by atoms with Crippen LogP contribution in [0.2, 0.25) is 0 Å². The number of aromatic nitrogens is 1. The molecule has 3 rings (SSSR count). The van der Waals surface area contributed by atoms with Gasteiger partial charge in [-0.2, -0.15) is 4.72 Å². The molecule has 0 saturated heterocycles. The second kappa shape index (κ2) is 12.3. The lowest BCUT2D eigenvalue weighted by Gasteiger charge is -2.25. The van der Waals surface area contributed by atoms with E-state index in [1.165, 1.54) is 26.3 Å². The number of nitrogens with zero attached hydrogens (tertiary/aromatic N) is 2. The van der Waals surface area contributed by atoms with E-state index in [0.717, 1.165) is 21.5 Å². The second-order valence-electron chi connectivity index (χ2n) is 9.52. The summed E-state index contributed by atoms with van der Waals surface area (Å²) in [5.74, 6) is -1.39. The van der Waals surface area contributed by atoms with E-state index in [1.807, 2.05) is 30.3 Å². The summed E-state index contributed by atoms with van der Waals surface area (Å²) < 4.78 is 40.3. The zero-order chi connectivity index (χ0) is 27.9. The molecule has 1 amide bonds. The van der Waals surface area contributed by atoms with Gasteiger partial charge in [-0.3, -0.25) is 19.4 Å². The number of carbonyl (C=O) groups excluding carboxylic acids is 2. The number of fused-ring (bicyclic) bond motifs is 1. The molecular weight excluding hydrogens is 510 g/mol. The highest BCUT2D eigenvalue weighted by Gasteiger charge is 2.33. The minimum atomic E-state index is -4.29. The average molecular weight is 544 g/mol. The highest BCUT2D eigenvalue weighted by molar-refractivity contribution is 7.89. The molecule has 11 heteroatoms. The van der Waals surface area contributed by atoms with E-state index < -0.39 is 40.0 Å². The molecule has 1 N–H and O–H groups in total. The molecule has 1 heterocycles. The average Bonchev–Trinajstić information content (AvgIpc) is 2.86. The van der Waals surface area contributed by atoms with Gasteiger partial charge in [-0.05, 0) is 50.6 Å². The predicted molar refractivity (Wildman–Crippen MR) is 142 cm³/mol. The zero-order valence-corrected chi connectivity index (χ0v) is 22.9. The number of nitrogens with one attached hydrogen (secondary N) is 1. The van der Waals surface area contributed by atoms with Crippen LogP contribution in [0, 0.1) is 0 Å². The summed E-state index contributed by atoms with van der Waals surface area (Å²) in [5, 5.41) is 1.84. The lowest BCUT2D eigenvalue weighted by atomic mass is 10.1. The molecule has 0 radical (unpaired) electrons. The highest BCUT2D eigenvalue weighted by Crippen LogP contribution is 2.25. The molecule has 0 bridgehead atoms. The monoisotopic (exact) mass is 543 g/mol. The van der Waals surface area contributed by atoms with Gasteiger partial charge in [-0.15, -0.1) is 0 Å². The lowest BCUT2D eigenvalue weighted by Crippen LogP contribution is -2.48. The minimum Gasteiger partial charge on any atom is -0.492 e. The Balaban J connectivity index is 1.79. The van der Waals surface area contributed by atoms with Crippen LogP contribution in [0.25, 0.3) is 10.9 Å². The van der Waals surface area contributed by atoms with Gasteiger partial charge in [-0.1, -0.05) is 30.3 Å². The first-order valence-electron chi connectivity index (χ1n) is 12.0. The van der Waals surface area contributed by atoms with E-state index in [0.29, 0.717) is 6.42 Å². The Morgan fingerprint density at radius 2 is 1.79 bits per heavy atom. The van der Waals surface area contributed by atoms with Gasteiger partial charge in [0.25, 0.3) is 5.91 Å². The fourth-order valence-electron chi connectivity index (χ4n) is 3.74. The number of benzene rings is 2. The topological polar surface area (TPSA) is 124 Å². The van der Waals surface area contributed by atoms with Gasteiger partial charge >= 0.3 is 5.97 Å². The van der Waals surface area contributed by atoms with E-state index in [9.17, 15) is 18.0 Å². The smallest absolute Gasteiger partial charge is 0.308 e. The van der Waals surface area contributed by atoms with Crippen molar-refractivity contribution in [2.45, 2.75) is 50.2 Å². The van der Waals surface area contributed by atoms with Crippen molar-refractivity contribution >= 4 is 32.8 Å². The first-order valence-corrected chi connectivity index (χ1v) is 13.5. The number of sulfonamides is 1. The van der Waals surface area contributed by atoms with E-state index >= 15 is 0 Å². The van der Waals surface area contributed by atoms with Gasteiger partial charge in [0.05, 0.1) is 25.7 Å². The van der Waals surface area contributed by atoms with Crippen LogP contribution in [0.15, 0.2) is 65.7 Å². The van der Waals surface area contributed by atoms with Crippen molar-refractivity contribution in [2.24, 2.45) is 0 Å². The zero-order valence-electron chi connectivity index (χ0n) is 22.1. The number of carbonyl (C=O) groups is 2. The van der Waals surface area contributed by atoms with E-state index in [4.69, 9.17) is 14.3 Å². The Hall–Kier alpha value is -3.54. The lowest BCUT2D eigenvalue weighted by molar-refractivity contribution is -0.173. The fraction of sp³-hybridized carbons (Fsp3) is 0.370. The summed E-state index contributed by atoms with van der Waals surface area (Å²) in [6, 6.07) is 14.3. The number of amides is 1. The first kappa shape index (κ1) is 29.0. The molecule has 0 aliphatic rings. The number of esters is 1. The molecule has 0 fully saturated rings.